The Kier molecular flexibility index (Phi) is 10.0. The Balaban J connectivity index is 1.82. The highest BCUT2D eigenvalue weighted by atomic mass is 19.1. The third-order valence-corrected chi connectivity index (χ3v) is 5.85. The lowest BCUT2D eigenvalue weighted by Gasteiger charge is -2.28. The molecule has 0 aliphatic carbocycles. The van der Waals surface area contributed by atoms with Crippen LogP contribution >= 0.6 is 0 Å². The number of aromatic nitrogens is 2. The summed E-state index contributed by atoms with van der Waals surface area (Å²) >= 11 is 0. The van der Waals surface area contributed by atoms with E-state index in [1.807, 2.05) is 13.8 Å². The van der Waals surface area contributed by atoms with Crippen molar-refractivity contribution in [2.75, 3.05) is 41.8 Å². The number of rotatable bonds is 11. The topological polar surface area (TPSA) is 132 Å². The number of anilines is 4. The molecule has 3 rings (SSSR count). The first-order chi connectivity index (χ1) is 18.3. The summed E-state index contributed by atoms with van der Waals surface area (Å²) < 4.78 is 40.6. The van der Waals surface area contributed by atoms with E-state index in [2.05, 4.69) is 20.6 Å². The summed E-state index contributed by atoms with van der Waals surface area (Å²) in [6.07, 6.45) is 2.54. The summed E-state index contributed by atoms with van der Waals surface area (Å²) in [5.41, 5.74) is 4.87. The SMILES string of the molecule is CC(C)C[C@H](CCC(=O)OC(C)(C)C)Nc1nc(Nc2cnc(N3CCOCC3)c(F)c2)c(C(N)=O)cc1F. The maximum Gasteiger partial charge on any atom is 0.306 e. The van der Waals surface area contributed by atoms with Crippen molar-refractivity contribution in [3.05, 3.63) is 35.5 Å². The predicted molar refractivity (Wildman–Crippen MR) is 145 cm³/mol. The lowest BCUT2D eigenvalue weighted by Crippen LogP contribution is -2.37. The standard InChI is InChI=1S/C27H38F2N6O4/c1-16(2)12-17(6-7-22(36)39-27(3,4)5)32-25-20(28)14-19(23(30)37)24(34-25)33-18-13-21(29)26(31-15-18)35-8-10-38-11-9-35/h13-17H,6-12H2,1-5H3,(H2,30,37)(H2,32,33,34)/t17-/m0/s1. The zero-order chi connectivity index (χ0) is 28.7. The summed E-state index contributed by atoms with van der Waals surface area (Å²) in [6, 6.07) is 1.90. The summed E-state index contributed by atoms with van der Waals surface area (Å²) in [6.45, 7) is 11.4. The number of pyridine rings is 2. The zero-order valence-electron chi connectivity index (χ0n) is 23.1. The monoisotopic (exact) mass is 548 g/mol. The minimum atomic E-state index is -0.905. The van der Waals surface area contributed by atoms with Gasteiger partial charge in [0.1, 0.15) is 11.4 Å². The first kappa shape index (κ1) is 30.0. The van der Waals surface area contributed by atoms with Crippen LogP contribution in [-0.2, 0) is 14.3 Å². The molecule has 0 saturated carbocycles. The van der Waals surface area contributed by atoms with Gasteiger partial charge in [-0.1, -0.05) is 13.8 Å². The third kappa shape index (κ3) is 9.02. The van der Waals surface area contributed by atoms with E-state index in [-0.39, 0.29) is 53.1 Å². The van der Waals surface area contributed by atoms with Crippen molar-refractivity contribution in [2.24, 2.45) is 11.7 Å². The van der Waals surface area contributed by atoms with Crippen molar-refractivity contribution in [2.45, 2.75) is 65.5 Å². The van der Waals surface area contributed by atoms with E-state index in [1.165, 1.54) is 12.3 Å². The molecule has 1 aliphatic heterocycles. The van der Waals surface area contributed by atoms with Gasteiger partial charge in [-0.25, -0.2) is 18.7 Å². The van der Waals surface area contributed by atoms with Crippen LogP contribution in [0.25, 0.3) is 0 Å². The van der Waals surface area contributed by atoms with E-state index in [0.29, 0.717) is 39.1 Å². The van der Waals surface area contributed by atoms with Crippen molar-refractivity contribution in [3.8, 4) is 0 Å². The van der Waals surface area contributed by atoms with Gasteiger partial charge in [0, 0.05) is 31.6 Å². The van der Waals surface area contributed by atoms with Gasteiger partial charge >= 0.3 is 5.97 Å². The average molecular weight is 549 g/mol. The second-order valence-corrected chi connectivity index (χ2v) is 10.9. The second-order valence-electron chi connectivity index (χ2n) is 10.9. The molecule has 39 heavy (non-hydrogen) atoms. The molecular formula is C27H38F2N6O4. The smallest absolute Gasteiger partial charge is 0.306 e. The second kappa shape index (κ2) is 13.0. The number of ether oxygens (including phenoxy) is 2. The molecule has 0 spiro atoms. The van der Waals surface area contributed by atoms with Gasteiger partial charge in [-0.05, 0) is 45.6 Å². The molecular weight excluding hydrogens is 510 g/mol. The maximum atomic E-state index is 15.0. The van der Waals surface area contributed by atoms with E-state index in [1.54, 1.807) is 25.7 Å². The Morgan fingerprint density at radius 3 is 2.44 bits per heavy atom. The number of nitrogens with two attached hydrogens (primary N) is 1. The van der Waals surface area contributed by atoms with Crippen LogP contribution in [0.3, 0.4) is 0 Å². The molecule has 0 unspecified atom stereocenters. The molecule has 1 atom stereocenters. The van der Waals surface area contributed by atoms with Gasteiger partial charge in [-0.2, -0.15) is 0 Å². The van der Waals surface area contributed by atoms with Crippen molar-refractivity contribution in [1.82, 2.24) is 9.97 Å². The number of esters is 1. The van der Waals surface area contributed by atoms with Crippen molar-refractivity contribution in [3.63, 3.8) is 0 Å². The number of hydrogen-bond donors (Lipinski definition) is 3. The molecule has 0 aromatic carbocycles. The van der Waals surface area contributed by atoms with Gasteiger partial charge in [-0.15, -0.1) is 0 Å². The van der Waals surface area contributed by atoms with E-state index >= 15 is 4.39 Å². The number of nitrogens with one attached hydrogen (secondary N) is 2. The summed E-state index contributed by atoms with van der Waals surface area (Å²) in [5.74, 6) is -2.36. The van der Waals surface area contributed by atoms with Gasteiger partial charge in [0.2, 0.25) is 0 Å². The fourth-order valence-corrected chi connectivity index (χ4v) is 4.21. The lowest BCUT2D eigenvalue weighted by atomic mass is 9.99. The van der Waals surface area contributed by atoms with Crippen LogP contribution in [0, 0.1) is 17.6 Å². The third-order valence-electron chi connectivity index (χ3n) is 5.85. The van der Waals surface area contributed by atoms with E-state index < -0.39 is 23.1 Å². The molecule has 2 aromatic heterocycles. The molecule has 214 valence electrons. The fraction of sp³-hybridized carbons (Fsp3) is 0.556. The molecule has 10 nitrogen and oxygen atoms in total. The first-order valence-electron chi connectivity index (χ1n) is 13.1. The number of nitrogens with zero attached hydrogens (tertiary/aromatic N) is 3. The molecule has 1 fully saturated rings. The molecule has 1 aliphatic rings. The highest BCUT2D eigenvalue weighted by Crippen LogP contribution is 2.27. The van der Waals surface area contributed by atoms with Crippen LogP contribution in [0.15, 0.2) is 18.3 Å². The Bertz CT molecular complexity index is 1170. The van der Waals surface area contributed by atoms with Gasteiger partial charge in [0.05, 0.1) is 30.7 Å². The number of morpholine rings is 1. The van der Waals surface area contributed by atoms with Crippen LogP contribution in [0.2, 0.25) is 0 Å². The number of hydrogen-bond acceptors (Lipinski definition) is 9. The zero-order valence-corrected chi connectivity index (χ0v) is 23.1. The molecule has 1 amide bonds. The normalized spacial score (nSPS) is 14.7. The highest BCUT2D eigenvalue weighted by molar-refractivity contribution is 5.98. The van der Waals surface area contributed by atoms with Crippen molar-refractivity contribution < 1.29 is 27.8 Å². The number of amides is 1. The maximum absolute atomic E-state index is 15.0. The minimum absolute atomic E-state index is 0.0536. The van der Waals surface area contributed by atoms with Crippen molar-refractivity contribution in [1.29, 1.82) is 0 Å². The van der Waals surface area contributed by atoms with Crippen molar-refractivity contribution >= 4 is 35.0 Å². The van der Waals surface area contributed by atoms with Gasteiger partial charge < -0.3 is 30.7 Å². The van der Waals surface area contributed by atoms with E-state index in [9.17, 15) is 14.0 Å². The molecule has 2 aromatic rings. The fourth-order valence-electron chi connectivity index (χ4n) is 4.21. The van der Waals surface area contributed by atoms with Crippen LogP contribution in [0.1, 0.15) is 64.2 Å². The summed E-state index contributed by atoms with van der Waals surface area (Å²) in [5, 5.41) is 5.90. The molecule has 3 heterocycles. The average Bonchev–Trinajstić information content (AvgIpc) is 2.83. The first-order valence-corrected chi connectivity index (χ1v) is 13.1. The number of carbonyl (C=O) groups is 2. The predicted octanol–water partition coefficient (Wildman–Crippen LogP) is 4.38. The number of primary amides is 1. The summed E-state index contributed by atoms with van der Waals surface area (Å²) in [4.78, 5) is 34.6. The Morgan fingerprint density at radius 2 is 1.85 bits per heavy atom. The van der Waals surface area contributed by atoms with Crippen LogP contribution < -0.4 is 21.3 Å². The van der Waals surface area contributed by atoms with Gasteiger partial charge in [0.15, 0.2) is 23.3 Å². The molecule has 0 bridgehead atoms. The van der Waals surface area contributed by atoms with Crippen LogP contribution in [0.5, 0.6) is 0 Å². The summed E-state index contributed by atoms with van der Waals surface area (Å²) in [7, 11) is 0. The molecule has 0 radical (unpaired) electrons. The Labute approximate surface area is 227 Å². The highest BCUT2D eigenvalue weighted by Gasteiger charge is 2.23. The molecule has 4 N–H and O–H groups in total. The Hall–Kier alpha value is -3.54. The largest absolute Gasteiger partial charge is 0.460 e. The number of halogens is 2. The van der Waals surface area contributed by atoms with Gasteiger partial charge in [-0.3, -0.25) is 9.59 Å². The minimum Gasteiger partial charge on any atom is -0.460 e. The van der Waals surface area contributed by atoms with E-state index in [4.69, 9.17) is 15.2 Å². The number of carbonyl (C=O) groups excluding carboxylic acids is 2. The van der Waals surface area contributed by atoms with Gasteiger partial charge in [0.25, 0.3) is 5.91 Å². The Morgan fingerprint density at radius 1 is 1.15 bits per heavy atom. The quantitative estimate of drug-likeness (QED) is 0.350. The molecule has 1 saturated heterocycles. The van der Waals surface area contributed by atoms with E-state index in [0.717, 1.165) is 6.07 Å². The molecule has 12 heteroatoms. The van der Waals surface area contributed by atoms with Crippen LogP contribution in [-0.4, -0.2) is 59.8 Å². The lowest BCUT2D eigenvalue weighted by molar-refractivity contribution is -0.155. The van der Waals surface area contributed by atoms with Crippen LogP contribution in [0.4, 0.5) is 31.9 Å².